The van der Waals surface area contributed by atoms with Crippen LogP contribution in [0.25, 0.3) is 0 Å². The molecule has 1 aromatic rings. The van der Waals surface area contributed by atoms with E-state index in [0.29, 0.717) is 18.1 Å². The van der Waals surface area contributed by atoms with Gasteiger partial charge < -0.3 is 4.74 Å². The highest BCUT2D eigenvalue weighted by Crippen LogP contribution is 2.29. The van der Waals surface area contributed by atoms with Crippen molar-refractivity contribution in [2.24, 2.45) is 5.92 Å². The lowest BCUT2D eigenvalue weighted by Gasteiger charge is -2.30. The maximum atomic E-state index is 12.3. The van der Waals surface area contributed by atoms with Gasteiger partial charge in [-0.05, 0) is 43.0 Å². The molecule has 2 heterocycles. The lowest BCUT2D eigenvalue weighted by atomic mass is 9.96. The average molecular weight is 295 g/mol. The number of carbonyl (C=O) groups excluding carboxylic acids is 1. The SMILES string of the molecule is O=C(NN1CCCCC1)[C@H]1COc2ccc(Cl)cc2C1. The number of amides is 1. The zero-order valence-corrected chi connectivity index (χ0v) is 12.2. The molecule has 3 rings (SSSR count). The maximum Gasteiger partial charge on any atom is 0.241 e. The third-order valence-electron chi connectivity index (χ3n) is 3.92. The zero-order valence-electron chi connectivity index (χ0n) is 11.4. The second kappa shape index (κ2) is 6.02. The van der Waals surface area contributed by atoms with Crippen LogP contribution in [-0.2, 0) is 11.2 Å². The molecule has 0 saturated carbocycles. The van der Waals surface area contributed by atoms with E-state index in [0.717, 1.165) is 37.2 Å². The first-order valence-corrected chi connectivity index (χ1v) is 7.57. The van der Waals surface area contributed by atoms with E-state index in [9.17, 15) is 4.79 Å². The summed E-state index contributed by atoms with van der Waals surface area (Å²) in [6, 6.07) is 5.57. The Balaban J connectivity index is 1.62. The van der Waals surface area contributed by atoms with Crippen molar-refractivity contribution in [2.75, 3.05) is 19.7 Å². The molecule has 0 unspecified atom stereocenters. The molecule has 4 nitrogen and oxygen atoms in total. The molecule has 0 bridgehead atoms. The van der Waals surface area contributed by atoms with Gasteiger partial charge in [-0.25, -0.2) is 5.01 Å². The molecule has 1 saturated heterocycles. The lowest BCUT2D eigenvalue weighted by molar-refractivity contribution is -0.131. The summed E-state index contributed by atoms with van der Waals surface area (Å²) in [6.07, 6.45) is 4.25. The van der Waals surface area contributed by atoms with Gasteiger partial charge >= 0.3 is 0 Å². The van der Waals surface area contributed by atoms with Crippen molar-refractivity contribution >= 4 is 17.5 Å². The van der Waals surface area contributed by atoms with E-state index in [1.807, 2.05) is 23.2 Å². The number of benzene rings is 1. The number of nitrogens with one attached hydrogen (secondary N) is 1. The fourth-order valence-corrected chi connectivity index (χ4v) is 2.98. The highest BCUT2D eigenvalue weighted by atomic mass is 35.5. The van der Waals surface area contributed by atoms with Gasteiger partial charge in [-0.3, -0.25) is 10.2 Å². The Bertz CT molecular complexity index is 501. The first-order valence-electron chi connectivity index (χ1n) is 7.19. The number of ether oxygens (including phenoxy) is 1. The number of halogens is 1. The van der Waals surface area contributed by atoms with Gasteiger partial charge in [0.1, 0.15) is 12.4 Å². The summed E-state index contributed by atoms with van der Waals surface area (Å²) in [5.41, 5.74) is 4.03. The number of nitrogens with zero attached hydrogens (tertiary/aromatic N) is 1. The molecule has 1 atom stereocenters. The van der Waals surface area contributed by atoms with Gasteiger partial charge in [0.2, 0.25) is 5.91 Å². The first kappa shape index (κ1) is 13.7. The van der Waals surface area contributed by atoms with Crippen LogP contribution in [0.4, 0.5) is 0 Å². The summed E-state index contributed by atoms with van der Waals surface area (Å²) in [4.78, 5) is 12.3. The fourth-order valence-electron chi connectivity index (χ4n) is 2.78. The smallest absolute Gasteiger partial charge is 0.241 e. The second-order valence-corrected chi connectivity index (χ2v) is 5.92. The average Bonchev–Trinajstić information content (AvgIpc) is 2.47. The van der Waals surface area contributed by atoms with E-state index >= 15 is 0 Å². The highest BCUT2D eigenvalue weighted by Gasteiger charge is 2.27. The molecular weight excluding hydrogens is 276 g/mol. The molecule has 1 amide bonds. The topological polar surface area (TPSA) is 41.6 Å². The Morgan fingerprint density at radius 1 is 1.30 bits per heavy atom. The molecule has 0 radical (unpaired) electrons. The summed E-state index contributed by atoms with van der Waals surface area (Å²) >= 11 is 6.00. The zero-order chi connectivity index (χ0) is 13.9. The molecule has 1 fully saturated rings. The molecule has 0 aliphatic carbocycles. The van der Waals surface area contributed by atoms with Gasteiger partial charge in [0.15, 0.2) is 0 Å². The van der Waals surface area contributed by atoms with Crippen molar-refractivity contribution in [2.45, 2.75) is 25.7 Å². The molecule has 5 heteroatoms. The first-order chi connectivity index (χ1) is 9.72. The molecule has 0 aromatic heterocycles. The van der Waals surface area contributed by atoms with Crippen LogP contribution in [0.1, 0.15) is 24.8 Å². The van der Waals surface area contributed by atoms with Crippen molar-refractivity contribution in [3.05, 3.63) is 28.8 Å². The van der Waals surface area contributed by atoms with Crippen molar-refractivity contribution in [1.82, 2.24) is 10.4 Å². The third-order valence-corrected chi connectivity index (χ3v) is 4.16. The lowest BCUT2D eigenvalue weighted by Crippen LogP contribution is -2.49. The normalized spacial score (nSPS) is 22.8. The van der Waals surface area contributed by atoms with Gasteiger partial charge in [0.05, 0.1) is 5.92 Å². The Hall–Kier alpha value is -1.26. The van der Waals surface area contributed by atoms with Gasteiger partial charge in [0.25, 0.3) is 0 Å². The molecular formula is C15H19ClN2O2. The van der Waals surface area contributed by atoms with Crippen LogP contribution in [0.2, 0.25) is 5.02 Å². The van der Waals surface area contributed by atoms with Crippen LogP contribution < -0.4 is 10.2 Å². The van der Waals surface area contributed by atoms with Gasteiger partial charge in [-0.1, -0.05) is 18.0 Å². The summed E-state index contributed by atoms with van der Waals surface area (Å²) in [5, 5.41) is 2.71. The van der Waals surface area contributed by atoms with Gasteiger partial charge in [-0.2, -0.15) is 0 Å². The van der Waals surface area contributed by atoms with Crippen LogP contribution in [-0.4, -0.2) is 30.6 Å². The molecule has 2 aliphatic rings. The monoisotopic (exact) mass is 294 g/mol. The van der Waals surface area contributed by atoms with Crippen LogP contribution in [0.5, 0.6) is 5.75 Å². The second-order valence-electron chi connectivity index (χ2n) is 5.49. The number of hydrogen-bond donors (Lipinski definition) is 1. The predicted octanol–water partition coefficient (Wildman–Crippen LogP) is 2.41. The van der Waals surface area contributed by atoms with E-state index < -0.39 is 0 Å². The van der Waals surface area contributed by atoms with E-state index in [-0.39, 0.29) is 11.8 Å². The van der Waals surface area contributed by atoms with Gasteiger partial charge in [-0.15, -0.1) is 0 Å². The number of carbonyl (C=O) groups is 1. The van der Waals surface area contributed by atoms with E-state index in [4.69, 9.17) is 16.3 Å². The largest absolute Gasteiger partial charge is 0.492 e. The van der Waals surface area contributed by atoms with Crippen LogP contribution >= 0.6 is 11.6 Å². The van der Waals surface area contributed by atoms with Crippen molar-refractivity contribution < 1.29 is 9.53 Å². The summed E-state index contributed by atoms with van der Waals surface area (Å²) in [5.74, 6) is 0.761. The number of rotatable bonds is 2. The third kappa shape index (κ3) is 3.07. The fraction of sp³-hybridized carbons (Fsp3) is 0.533. The van der Waals surface area contributed by atoms with Crippen molar-refractivity contribution in [3.63, 3.8) is 0 Å². The van der Waals surface area contributed by atoms with Crippen LogP contribution in [0.3, 0.4) is 0 Å². The molecule has 1 aromatic carbocycles. The van der Waals surface area contributed by atoms with Crippen molar-refractivity contribution in [3.8, 4) is 5.75 Å². The van der Waals surface area contributed by atoms with Crippen molar-refractivity contribution in [1.29, 1.82) is 0 Å². The predicted molar refractivity (Wildman–Crippen MR) is 77.7 cm³/mol. The summed E-state index contributed by atoms with van der Waals surface area (Å²) in [6.45, 7) is 2.33. The van der Waals surface area contributed by atoms with Crippen LogP contribution in [0, 0.1) is 5.92 Å². The molecule has 108 valence electrons. The minimum atomic E-state index is -0.136. The number of hydrazine groups is 1. The number of hydrogen-bond acceptors (Lipinski definition) is 3. The highest BCUT2D eigenvalue weighted by molar-refractivity contribution is 6.30. The Labute approximate surface area is 124 Å². The quantitative estimate of drug-likeness (QED) is 0.911. The molecule has 1 N–H and O–H groups in total. The minimum absolute atomic E-state index is 0.0533. The standard InChI is InChI=1S/C15H19ClN2O2/c16-13-4-5-14-11(9-13)8-12(10-20-14)15(19)17-18-6-2-1-3-7-18/h4-5,9,12H,1-3,6-8,10H2,(H,17,19)/t12-/m1/s1. The minimum Gasteiger partial charge on any atom is -0.492 e. The maximum absolute atomic E-state index is 12.3. The number of piperidine rings is 1. The molecule has 20 heavy (non-hydrogen) atoms. The summed E-state index contributed by atoms with van der Waals surface area (Å²) in [7, 11) is 0. The Kier molecular flexibility index (Phi) is 4.13. The molecule has 2 aliphatic heterocycles. The van der Waals surface area contributed by atoms with Crippen LogP contribution in [0.15, 0.2) is 18.2 Å². The summed E-state index contributed by atoms with van der Waals surface area (Å²) < 4.78 is 5.66. The van der Waals surface area contributed by atoms with Gasteiger partial charge in [0, 0.05) is 18.1 Å². The molecule has 0 spiro atoms. The van der Waals surface area contributed by atoms with E-state index in [2.05, 4.69) is 5.43 Å². The van der Waals surface area contributed by atoms with E-state index in [1.165, 1.54) is 6.42 Å². The Morgan fingerprint density at radius 3 is 2.90 bits per heavy atom. The van der Waals surface area contributed by atoms with E-state index in [1.54, 1.807) is 0 Å². The number of fused-ring (bicyclic) bond motifs is 1. The Morgan fingerprint density at radius 2 is 2.10 bits per heavy atom.